The van der Waals surface area contributed by atoms with Crippen molar-refractivity contribution in [3.8, 4) is 0 Å². The van der Waals surface area contributed by atoms with Crippen LogP contribution in [0.2, 0.25) is 0 Å². The van der Waals surface area contributed by atoms with Crippen molar-refractivity contribution < 1.29 is 22.8 Å². The van der Waals surface area contributed by atoms with Gasteiger partial charge in [0.25, 0.3) is 0 Å². The maximum absolute atomic E-state index is 13.6. The number of Topliss-reactive ketones (excluding diaryl/α,β-unsaturated/α-hetero) is 1. The van der Waals surface area contributed by atoms with E-state index in [1.54, 1.807) is 18.4 Å². The highest BCUT2D eigenvalue weighted by atomic mass is 32.2. The number of carbonyl (C=O) groups excluding carboxylic acids is 3. The number of sulfone groups is 1. The van der Waals surface area contributed by atoms with E-state index in [0.29, 0.717) is 44.0 Å². The Bertz CT molecular complexity index is 1370. The van der Waals surface area contributed by atoms with Gasteiger partial charge in [-0.3, -0.25) is 19.3 Å². The molecule has 1 saturated heterocycles. The first-order chi connectivity index (χ1) is 19.8. The van der Waals surface area contributed by atoms with Crippen molar-refractivity contribution in [1.29, 1.82) is 0 Å². The van der Waals surface area contributed by atoms with E-state index >= 15 is 0 Å². The lowest BCUT2D eigenvalue weighted by Gasteiger charge is -2.28. The third-order valence-electron chi connectivity index (χ3n) is 8.21. The topological polar surface area (TPSA) is 126 Å². The first-order valence-electron chi connectivity index (χ1n) is 14.9. The lowest BCUT2D eigenvalue weighted by atomic mass is 9.91. The molecule has 232 valence electrons. The van der Waals surface area contributed by atoms with Gasteiger partial charge in [-0.2, -0.15) is 0 Å². The Balaban J connectivity index is 1.66. The quantitative estimate of drug-likeness (QED) is 0.290. The first kappa shape index (κ1) is 33.9. The molecule has 1 aromatic heterocycles. The summed E-state index contributed by atoms with van der Waals surface area (Å²) in [6.45, 7) is 13.5. The van der Waals surface area contributed by atoms with E-state index in [9.17, 15) is 22.8 Å². The van der Waals surface area contributed by atoms with Gasteiger partial charge in [0.05, 0.1) is 32.6 Å². The summed E-state index contributed by atoms with van der Waals surface area (Å²) < 4.78 is 24.5. The van der Waals surface area contributed by atoms with E-state index < -0.39 is 15.8 Å². The zero-order chi connectivity index (χ0) is 31.0. The fourth-order valence-electron chi connectivity index (χ4n) is 5.04. The van der Waals surface area contributed by atoms with E-state index in [-0.39, 0.29) is 53.9 Å². The minimum atomic E-state index is -2.99. The van der Waals surface area contributed by atoms with Crippen molar-refractivity contribution in [2.24, 2.45) is 11.8 Å². The van der Waals surface area contributed by atoms with Crippen LogP contribution in [-0.2, 0) is 30.6 Å². The van der Waals surface area contributed by atoms with Gasteiger partial charge in [-0.15, -0.1) is 11.3 Å². The van der Waals surface area contributed by atoms with Gasteiger partial charge in [0, 0.05) is 57.6 Å². The molecule has 42 heavy (non-hydrogen) atoms. The maximum Gasteiger partial charge on any atom is 0.224 e. The van der Waals surface area contributed by atoms with Crippen LogP contribution in [0.4, 0.5) is 0 Å². The summed E-state index contributed by atoms with van der Waals surface area (Å²) in [6, 6.07) is 5.99. The van der Waals surface area contributed by atoms with Crippen molar-refractivity contribution in [3.63, 3.8) is 0 Å². The molecule has 2 aromatic rings. The Kier molecular flexibility index (Phi) is 12.3. The SMILES string of the molecule is C=C(CN1CCS(=O)(=O)CC1)C(=O)CC[C@@H](NC(=O)[C@@H](CC(=O)NC)Cc1nc2ccc(C(C)C)cc2s1)[C@@H](C)CC. The molecular weight excluding hydrogens is 572 g/mol. The van der Waals surface area contributed by atoms with Crippen LogP contribution in [0.5, 0.6) is 0 Å². The molecule has 2 amide bonds. The number of benzene rings is 1. The molecule has 1 aliphatic heterocycles. The molecule has 1 aliphatic rings. The third kappa shape index (κ3) is 9.70. The lowest BCUT2D eigenvalue weighted by Crippen LogP contribution is -2.44. The van der Waals surface area contributed by atoms with Crippen LogP contribution in [0.15, 0.2) is 30.4 Å². The Morgan fingerprint density at radius 3 is 2.45 bits per heavy atom. The number of fused-ring (bicyclic) bond motifs is 1. The number of nitrogens with zero attached hydrogens (tertiary/aromatic N) is 2. The van der Waals surface area contributed by atoms with Crippen molar-refractivity contribution >= 4 is 49.0 Å². The van der Waals surface area contributed by atoms with Gasteiger partial charge in [0.2, 0.25) is 11.8 Å². The Labute approximate surface area is 254 Å². The molecule has 2 N–H and O–H groups in total. The Hall–Kier alpha value is -2.63. The molecule has 0 unspecified atom stereocenters. The zero-order valence-electron chi connectivity index (χ0n) is 25.6. The van der Waals surface area contributed by atoms with E-state index in [4.69, 9.17) is 4.98 Å². The molecular formula is C31H46N4O5S2. The molecule has 9 nitrogen and oxygen atoms in total. The van der Waals surface area contributed by atoms with Gasteiger partial charge in [0.1, 0.15) is 0 Å². The standard InChI is InChI=1S/C31H46N4O5S2/c1-7-21(4)25(10-11-27(36)22(5)19-35-12-14-42(39,40)15-13-35)34-31(38)24(17-29(37)32-6)18-30-33-26-9-8-23(20(2)3)16-28(26)41-30/h8-9,16,20-21,24-25H,5,7,10-15,17-19H2,1-4,6H3,(H,32,37)(H,34,38)/t21-,24-,25+/m0/s1. The summed E-state index contributed by atoms with van der Waals surface area (Å²) in [7, 11) is -1.43. The van der Waals surface area contributed by atoms with Crippen LogP contribution in [0.25, 0.3) is 10.2 Å². The number of carbonyl (C=O) groups is 3. The largest absolute Gasteiger partial charge is 0.359 e. The van der Waals surface area contributed by atoms with Crippen molar-refractivity contribution in [2.75, 3.05) is 38.2 Å². The number of thiazole rings is 1. The highest BCUT2D eigenvalue weighted by molar-refractivity contribution is 7.91. The molecule has 2 heterocycles. The fraction of sp³-hybridized carbons (Fsp3) is 0.613. The first-order valence-corrected chi connectivity index (χ1v) is 17.5. The van der Waals surface area contributed by atoms with Gasteiger partial charge in [-0.05, 0) is 36.0 Å². The molecule has 0 saturated carbocycles. The highest BCUT2D eigenvalue weighted by Crippen LogP contribution is 2.28. The van der Waals surface area contributed by atoms with Crippen LogP contribution in [-0.4, -0.2) is 80.1 Å². The van der Waals surface area contributed by atoms with E-state index in [1.807, 2.05) is 24.8 Å². The second kappa shape index (κ2) is 15.2. The number of amides is 2. The van der Waals surface area contributed by atoms with Gasteiger partial charge >= 0.3 is 0 Å². The summed E-state index contributed by atoms with van der Waals surface area (Å²) in [6.07, 6.45) is 1.90. The van der Waals surface area contributed by atoms with E-state index in [0.717, 1.165) is 21.6 Å². The number of nitrogens with one attached hydrogen (secondary N) is 2. The second-order valence-electron chi connectivity index (χ2n) is 11.8. The van der Waals surface area contributed by atoms with Crippen LogP contribution in [0.3, 0.4) is 0 Å². The predicted octanol–water partition coefficient (Wildman–Crippen LogP) is 3.88. The summed E-state index contributed by atoms with van der Waals surface area (Å²) in [5.41, 5.74) is 2.58. The predicted molar refractivity (Wildman–Crippen MR) is 169 cm³/mol. The van der Waals surface area contributed by atoms with Gasteiger partial charge in [-0.1, -0.05) is 46.8 Å². The maximum atomic E-state index is 13.6. The fourth-order valence-corrected chi connectivity index (χ4v) is 7.42. The van der Waals surface area contributed by atoms with Crippen LogP contribution in [0, 0.1) is 11.8 Å². The number of ketones is 1. The number of hydrogen-bond acceptors (Lipinski definition) is 8. The summed E-state index contributed by atoms with van der Waals surface area (Å²) in [5.74, 6) is -0.377. The van der Waals surface area contributed by atoms with E-state index in [1.165, 1.54) is 5.56 Å². The molecule has 1 fully saturated rings. The van der Waals surface area contributed by atoms with Gasteiger partial charge in [0.15, 0.2) is 15.6 Å². The molecule has 1 aromatic carbocycles. The Morgan fingerprint density at radius 2 is 1.83 bits per heavy atom. The normalized spacial score (nSPS) is 17.5. The highest BCUT2D eigenvalue weighted by Gasteiger charge is 2.28. The van der Waals surface area contributed by atoms with Crippen molar-refractivity contribution in [3.05, 3.63) is 40.9 Å². The molecule has 3 atom stereocenters. The van der Waals surface area contributed by atoms with Crippen LogP contribution >= 0.6 is 11.3 Å². The van der Waals surface area contributed by atoms with Gasteiger partial charge < -0.3 is 10.6 Å². The monoisotopic (exact) mass is 618 g/mol. The van der Waals surface area contributed by atoms with Crippen molar-refractivity contribution in [1.82, 2.24) is 20.5 Å². The third-order valence-corrected chi connectivity index (χ3v) is 10.9. The smallest absolute Gasteiger partial charge is 0.224 e. The minimum Gasteiger partial charge on any atom is -0.359 e. The molecule has 0 radical (unpaired) electrons. The van der Waals surface area contributed by atoms with Gasteiger partial charge in [-0.25, -0.2) is 13.4 Å². The number of hydrogen-bond donors (Lipinski definition) is 2. The molecule has 0 aliphatic carbocycles. The summed E-state index contributed by atoms with van der Waals surface area (Å²) in [4.78, 5) is 45.6. The van der Waals surface area contributed by atoms with Crippen molar-refractivity contribution in [2.45, 2.75) is 71.8 Å². The summed E-state index contributed by atoms with van der Waals surface area (Å²) in [5, 5.41) is 6.60. The zero-order valence-corrected chi connectivity index (χ0v) is 27.2. The second-order valence-corrected chi connectivity index (χ2v) is 15.2. The minimum absolute atomic E-state index is 0.0457. The summed E-state index contributed by atoms with van der Waals surface area (Å²) >= 11 is 1.56. The van der Waals surface area contributed by atoms with Crippen LogP contribution < -0.4 is 10.6 Å². The number of aromatic nitrogens is 1. The molecule has 0 spiro atoms. The Morgan fingerprint density at radius 1 is 1.14 bits per heavy atom. The average Bonchev–Trinajstić information content (AvgIpc) is 3.36. The lowest BCUT2D eigenvalue weighted by molar-refractivity contribution is -0.131. The number of rotatable bonds is 15. The average molecular weight is 619 g/mol. The molecule has 0 bridgehead atoms. The van der Waals surface area contributed by atoms with E-state index in [2.05, 4.69) is 43.2 Å². The molecule has 3 rings (SSSR count). The van der Waals surface area contributed by atoms with Crippen LogP contribution in [0.1, 0.15) is 69.9 Å². The molecule has 11 heteroatoms.